The monoisotopic (exact) mass is 247 g/mol. The molecule has 0 saturated carbocycles. The third kappa shape index (κ3) is 5.12. The highest BCUT2D eigenvalue weighted by Crippen LogP contribution is 2.25. The number of hydrogen-bond acceptors (Lipinski definition) is 1. The van der Waals surface area contributed by atoms with Crippen LogP contribution in [-0.4, -0.2) is 0 Å². The highest BCUT2D eigenvalue weighted by atomic mass is 16.5. The van der Waals surface area contributed by atoms with E-state index in [2.05, 4.69) is 46.9 Å². The van der Waals surface area contributed by atoms with E-state index in [0.29, 0.717) is 0 Å². The van der Waals surface area contributed by atoms with E-state index < -0.39 is 0 Å². The van der Waals surface area contributed by atoms with Gasteiger partial charge in [0.1, 0.15) is 12.9 Å². The summed E-state index contributed by atoms with van der Waals surface area (Å²) >= 11 is 0. The summed E-state index contributed by atoms with van der Waals surface area (Å²) in [6, 6.07) is 8.32. The molecule has 0 amide bonds. The Morgan fingerprint density at radius 3 is 2.06 bits per heavy atom. The van der Waals surface area contributed by atoms with Crippen LogP contribution in [0, 0.1) is 24.9 Å². The molecule has 1 rings (SSSR count). The molecule has 1 aromatic rings. The summed E-state index contributed by atoms with van der Waals surface area (Å²) in [6.07, 6.45) is 3.81. The minimum Gasteiger partial charge on any atom is -0.490 e. The van der Waals surface area contributed by atoms with Crippen LogP contribution in [0.4, 0.5) is 0 Å². The van der Waals surface area contributed by atoms with Crippen molar-refractivity contribution in [3.63, 3.8) is 0 Å². The Kier molecular flexibility index (Phi) is 6.24. The van der Waals surface area contributed by atoms with Crippen LogP contribution in [0.25, 0.3) is 0 Å². The molecular formula is C17H27O. The van der Waals surface area contributed by atoms with Crippen LogP contribution in [-0.2, 0) is 6.42 Å². The van der Waals surface area contributed by atoms with Crippen molar-refractivity contribution < 1.29 is 4.74 Å². The van der Waals surface area contributed by atoms with Crippen molar-refractivity contribution >= 4 is 0 Å². The average Bonchev–Trinajstić information content (AvgIpc) is 2.34. The van der Waals surface area contributed by atoms with E-state index in [1.807, 2.05) is 12.1 Å². The molecule has 0 bridgehead atoms. The van der Waals surface area contributed by atoms with Crippen molar-refractivity contribution in [1.29, 1.82) is 0 Å². The molecular weight excluding hydrogens is 220 g/mol. The Bertz CT molecular complexity index is 324. The molecule has 0 aliphatic rings. The van der Waals surface area contributed by atoms with Gasteiger partial charge in [0.2, 0.25) is 0 Å². The third-order valence-electron chi connectivity index (χ3n) is 3.65. The molecule has 18 heavy (non-hydrogen) atoms. The summed E-state index contributed by atoms with van der Waals surface area (Å²) in [5.41, 5.74) is 1.40. The second-order valence-electron chi connectivity index (χ2n) is 5.97. The van der Waals surface area contributed by atoms with E-state index in [9.17, 15) is 0 Å². The largest absolute Gasteiger partial charge is 0.490 e. The summed E-state index contributed by atoms with van der Waals surface area (Å²) in [7, 11) is 3.42. The molecule has 1 unspecified atom stereocenters. The highest BCUT2D eigenvalue weighted by Gasteiger charge is 2.14. The van der Waals surface area contributed by atoms with Gasteiger partial charge in [0.05, 0.1) is 0 Å². The Hall–Kier alpha value is -0.980. The zero-order valence-electron chi connectivity index (χ0n) is 12.3. The Morgan fingerprint density at radius 1 is 1.00 bits per heavy atom. The van der Waals surface area contributed by atoms with Crippen LogP contribution < -0.4 is 4.74 Å². The van der Waals surface area contributed by atoms with Gasteiger partial charge in [-0.2, -0.15) is 0 Å². The lowest BCUT2D eigenvalue weighted by molar-refractivity contribution is 0.329. The van der Waals surface area contributed by atoms with Gasteiger partial charge in [-0.3, -0.25) is 0 Å². The molecule has 1 aromatic carbocycles. The number of ether oxygens (including phenoxy) is 1. The maximum atomic E-state index is 4.95. The highest BCUT2D eigenvalue weighted by molar-refractivity contribution is 5.27. The molecule has 0 N–H and O–H groups in total. The first kappa shape index (κ1) is 15.1. The minimum absolute atomic E-state index is 0.743. The van der Waals surface area contributed by atoms with Crippen molar-refractivity contribution in [2.45, 2.75) is 47.0 Å². The Labute approximate surface area is 113 Å². The maximum absolute atomic E-state index is 4.95. The average molecular weight is 247 g/mol. The number of hydrogen-bond donors (Lipinski definition) is 0. The molecule has 1 atom stereocenters. The van der Waals surface area contributed by atoms with Crippen molar-refractivity contribution in [3.05, 3.63) is 36.9 Å². The molecule has 1 radical (unpaired) electrons. The summed E-state index contributed by atoms with van der Waals surface area (Å²) in [6.45, 7) is 9.27. The van der Waals surface area contributed by atoms with Crippen LogP contribution >= 0.6 is 0 Å². The molecule has 1 heteroatoms. The molecule has 0 spiro atoms. The lowest BCUT2D eigenvalue weighted by Gasteiger charge is -2.22. The van der Waals surface area contributed by atoms with Crippen LogP contribution in [0.15, 0.2) is 24.3 Å². The van der Waals surface area contributed by atoms with E-state index in [1.165, 1.54) is 24.8 Å². The van der Waals surface area contributed by atoms with Gasteiger partial charge in [-0.1, -0.05) is 46.2 Å². The summed E-state index contributed by atoms with van der Waals surface area (Å²) in [5, 5.41) is 0. The molecule has 0 saturated heterocycles. The summed E-state index contributed by atoms with van der Waals surface area (Å²) in [4.78, 5) is 0. The zero-order valence-corrected chi connectivity index (χ0v) is 12.3. The smallest absolute Gasteiger partial charge is 0.122 e. The maximum Gasteiger partial charge on any atom is 0.122 e. The first-order valence-corrected chi connectivity index (χ1v) is 7.04. The van der Waals surface area contributed by atoms with Crippen molar-refractivity contribution in [2.24, 2.45) is 17.8 Å². The summed E-state index contributed by atoms with van der Waals surface area (Å²) < 4.78 is 4.95. The first-order chi connectivity index (χ1) is 8.52. The zero-order chi connectivity index (χ0) is 13.5. The van der Waals surface area contributed by atoms with Gasteiger partial charge in [-0.25, -0.2) is 0 Å². The van der Waals surface area contributed by atoms with Gasteiger partial charge in [-0.15, -0.1) is 0 Å². The number of rotatable bonds is 7. The molecule has 101 valence electrons. The fourth-order valence-electron chi connectivity index (χ4n) is 2.24. The normalized spacial score (nSPS) is 13.1. The van der Waals surface area contributed by atoms with E-state index in [-0.39, 0.29) is 0 Å². The fourth-order valence-corrected chi connectivity index (χ4v) is 2.24. The lowest BCUT2D eigenvalue weighted by Crippen LogP contribution is -2.13. The van der Waals surface area contributed by atoms with Crippen molar-refractivity contribution in [1.82, 2.24) is 0 Å². The predicted octanol–water partition coefficient (Wildman–Crippen LogP) is 5.11. The third-order valence-corrected chi connectivity index (χ3v) is 3.65. The molecule has 0 fully saturated rings. The Morgan fingerprint density at radius 2 is 1.61 bits per heavy atom. The lowest BCUT2D eigenvalue weighted by atomic mass is 9.84. The van der Waals surface area contributed by atoms with Gasteiger partial charge in [0.15, 0.2) is 0 Å². The van der Waals surface area contributed by atoms with Gasteiger partial charge in [0, 0.05) is 0 Å². The molecule has 0 aromatic heterocycles. The second-order valence-corrected chi connectivity index (χ2v) is 5.97. The number of benzene rings is 1. The van der Waals surface area contributed by atoms with Gasteiger partial charge < -0.3 is 4.74 Å². The van der Waals surface area contributed by atoms with Gasteiger partial charge >= 0.3 is 0 Å². The second kappa shape index (κ2) is 7.45. The predicted molar refractivity (Wildman–Crippen MR) is 78.5 cm³/mol. The van der Waals surface area contributed by atoms with E-state index >= 15 is 0 Å². The van der Waals surface area contributed by atoms with Crippen LogP contribution in [0.2, 0.25) is 0 Å². The molecule has 0 heterocycles. The SMILES string of the molecule is [CH2]Oc1ccc(CC(CCC(C)C)C(C)C)cc1. The molecule has 0 aliphatic heterocycles. The first-order valence-electron chi connectivity index (χ1n) is 7.04. The van der Waals surface area contributed by atoms with E-state index in [1.54, 1.807) is 0 Å². The standard InChI is InChI=1S/C17H27O/c1-13(2)6-9-16(14(3)4)12-15-7-10-17(18-5)11-8-15/h7-8,10-11,13-14,16H,5-6,9,12H2,1-4H3. The van der Waals surface area contributed by atoms with Crippen molar-refractivity contribution in [2.75, 3.05) is 0 Å². The quantitative estimate of drug-likeness (QED) is 0.650. The van der Waals surface area contributed by atoms with Gasteiger partial charge in [-0.05, 0) is 48.3 Å². The van der Waals surface area contributed by atoms with Crippen LogP contribution in [0.1, 0.15) is 46.1 Å². The van der Waals surface area contributed by atoms with Crippen LogP contribution in [0.3, 0.4) is 0 Å². The van der Waals surface area contributed by atoms with E-state index in [0.717, 1.165) is 23.5 Å². The fraction of sp³-hybridized carbons (Fsp3) is 0.588. The summed E-state index contributed by atoms with van der Waals surface area (Å²) in [5.74, 6) is 3.15. The van der Waals surface area contributed by atoms with E-state index in [4.69, 9.17) is 4.74 Å². The minimum atomic E-state index is 0.743. The Balaban J connectivity index is 2.58. The van der Waals surface area contributed by atoms with Gasteiger partial charge in [0.25, 0.3) is 0 Å². The molecule has 1 nitrogen and oxygen atoms in total. The topological polar surface area (TPSA) is 9.23 Å². The van der Waals surface area contributed by atoms with Crippen LogP contribution in [0.5, 0.6) is 5.75 Å². The van der Waals surface area contributed by atoms with Crippen molar-refractivity contribution in [3.8, 4) is 5.75 Å². The molecule has 0 aliphatic carbocycles.